The molecule has 1 aromatic heterocycles. The van der Waals surface area contributed by atoms with Gasteiger partial charge in [0.25, 0.3) is 0 Å². The van der Waals surface area contributed by atoms with Gasteiger partial charge in [0.15, 0.2) is 0 Å². The molecule has 102 valence electrons. The third kappa shape index (κ3) is 3.56. The molecule has 1 aliphatic rings. The largest absolute Gasteiger partial charge is 0.314 e. The average Bonchev–Trinajstić information content (AvgIpc) is 2.72. The fourth-order valence-corrected chi connectivity index (χ4v) is 4.48. The third-order valence-electron chi connectivity index (χ3n) is 3.68. The van der Waals surface area contributed by atoms with E-state index in [1.54, 1.807) is 0 Å². The summed E-state index contributed by atoms with van der Waals surface area (Å²) in [5.41, 5.74) is 0. The zero-order valence-electron chi connectivity index (χ0n) is 11.4. The Morgan fingerprint density at radius 2 is 2.28 bits per heavy atom. The molecule has 4 heteroatoms. The molecule has 0 amide bonds. The molecule has 0 aromatic carbocycles. The van der Waals surface area contributed by atoms with E-state index in [-0.39, 0.29) is 0 Å². The van der Waals surface area contributed by atoms with Crippen LogP contribution in [-0.4, -0.2) is 31.1 Å². The minimum atomic E-state index is 0.577. The van der Waals surface area contributed by atoms with Crippen LogP contribution in [0.5, 0.6) is 0 Å². The number of nitrogens with zero attached hydrogens (tertiary/aromatic N) is 1. The highest BCUT2D eigenvalue weighted by Crippen LogP contribution is 2.39. The van der Waals surface area contributed by atoms with Gasteiger partial charge < -0.3 is 5.32 Å². The van der Waals surface area contributed by atoms with Gasteiger partial charge in [-0.2, -0.15) is 0 Å². The van der Waals surface area contributed by atoms with Crippen molar-refractivity contribution in [2.45, 2.75) is 38.8 Å². The molecule has 1 fully saturated rings. The summed E-state index contributed by atoms with van der Waals surface area (Å²) in [6, 6.07) is 5.62. The van der Waals surface area contributed by atoms with Gasteiger partial charge in [0, 0.05) is 23.5 Å². The van der Waals surface area contributed by atoms with Gasteiger partial charge in [-0.1, -0.05) is 13.8 Å². The number of halogens is 1. The molecule has 2 unspecified atom stereocenters. The number of likely N-dealkylation sites (tertiary alicyclic amines) is 1. The normalized spacial score (nSPS) is 25.8. The van der Waals surface area contributed by atoms with Crippen LogP contribution in [0.15, 0.2) is 15.9 Å². The fraction of sp³-hybridized carbons (Fsp3) is 0.714. The van der Waals surface area contributed by atoms with Gasteiger partial charge in [0.1, 0.15) is 0 Å². The van der Waals surface area contributed by atoms with Crippen molar-refractivity contribution in [3.63, 3.8) is 0 Å². The van der Waals surface area contributed by atoms with Gasteiger partial charge in [0.2, 0.25) is 0 Å². The molecule has 1 aromatic rings. The number of hydrogen-bond acceptors (Lipinski definition) is 3. The number of thiophene rings is 1. The summed E-state index contributed by atoms with van der Waals surface area (Å²) < 4.78 is 1.24. The molecule has 0 spiro atoms. The molecule has 0 bridgehead atoms. The van der Waals surface area contributed by atoms with E-state index in [1.807, 2.05) is 11.3 Å². The van der Waals surface area contributed by atoms with E-state index in [9.17, 15) is 0 Å². The zero-order valence-corrected chi connectivity index (χ0v) is 13.9. The van der Waals surface area contributed by atoms with Crippen molar-refractivity contribution in [1.82, 2.24) is 10.2 Å². The topological polar surface area (TPSA) is 15.3 Å². The lowest BCUT2D eigenvalue weighted by molar-refractivity contribution is 0.121. The highest BCUT2D eigenvalue weighted by atomic mass is 79.9. The van der Waals surface area contributed by atoms with Crippen LogP contribution in [0.2, 0.25) is 0 Å². The number of nitrogens with one attached hydrogen (secondary N) is 1. The van der Waals surface area contributed by atoms with E-state index >= 15 is 0 Å². The van der Waals surface area contributed by atoms with Crippen LogP contribution in [-0.2, 0) is 0 Å². The summed E-state index contributed by atoms with van der Waals surface area (Å²) in [5, 5.41) is 3.61. The maximum Gasteiger partial charge on any atom is 0.0701 e. The SMILES string of the molecule is CC(C)NCC1CCCN(C)C1c1ccc(Br)s1. The summed E-state index contributed by atoms with van der Waals surface area (Å²) in [6.07, 6.45) is 2.66. The Kier molecular flexibility index (Phi) is 5.24. The molecule has 2 atom stereocenters. The second kappa shape index (κ2) is 6.51. The molecular weight excluding hydrogens is 308 g/mol. The molecule has 0 radical (unpaired) electrons. The standard InChI is InChI=1S/C14H23BrN2S/c1-10(2)16-9-11-5-4-8-17(3)14(11)12-6-7-13(15)18-12/h6-7,10-11,14,16H,4-5,8-9H2,1-3H3. The average molecular weight is 331 g/mol. The number of rotatable bonds is 4. The maximum absolute atomic E-state index is 3.61. The first-order valence-corrected chi connectivity index (χ1v) is 8.37. The molecule has 2 nitrogen and oxygen atoms in total. The van der Waals surface area contributed by atoms with Crippen LogP contribution in [0.1, 0.15) is 37.6 Å². The Balaban J connectivity index is 2.10. The van der Waals surface area contributed by atoms with Crippen LogP contribution >= 0.6 is 27.3 Å². The molecule has 1 aliphatic heterocycles. The quantitative estimate of drug-likeness (QED) is 0.900. The van der Waals surface area contributed by atoms with Crippen LogP contribution in [0, 0.1) is 5.92 Å². The van der Waals surface area contributed by atoms with Gasteiger partial charge in [-0.3, -0.25) is 4.90 Å². The summed E-state index contributed by atoms with van der Waals surface area (Å²) in [4.78, 5) is 4.02. The molecule has 18 heavy (non-hydrogen) atoms. The Morgan fingerprint density at radius 3 is 2.89 bits per heavy atom. The Morgan fingerprint density at radius 1 is 1.50 bits per heavy atom. The highest BCUT2D eigenvalue weighted by molar-refractivity contribution is 9.11. The maximum atomic E-state index is 3.61. The summed E-state index contributed by atoms with van der Waals surface area (Å²) in [7, 11) is 2.26. The summed E-state index contributed by atoms with van der Waals surface area (Å²) >= 11 is 5.47. The lowest BCUT2D eigenvalue weighted by atomic mass is 9.88. The summed E-state index contributed by atoms with van der Waals surface area (Å²) in [6.45, 7) is 6.80. The van der Waals surface area contributed by atoms with Crippen molar-refractivity contribution < 1.29 is 0 Å². The van der Waals surface area contributed by atoms with Gasteiger partial charge in [-0.15, -0.1) is 11.3 Å². The van der Waals surface area contributed by atoms with Gasteiger partial charge in [-0.05, 0) is 60.4 Å². The predicted molar refractivity (Wildman–Crippen MR) is 83.3 cm³/mol. The van der Waals surface area contributed by atoms with Crippen molar-refractivity contribution in [3.8, 4) is 0 Å². The van der Waals surface area contributed by atoms with E-state index in [4.69, 9.17) is 0 Å². The van der Waals surface area contributed by atoms with E-state index in [2.05, 4.69) is 59.2 Å². The van der Waals surface area contributed by atoms with Crippen LogP contribution in [0.25, 0.3) is 0 Å². The Hall–Kier alpha value is 0.1000. The minimum absolute atomic E-state index is 0.577. The third-order valence-corrected chi connectivity index (χ3v) is 5.38. The highest BCUT2D eigenvalue weighted by Gasteiger charge is 2.31. The smallest absolute Gasteiger partial charge is 0.0701 e. The van der Waals surface area contributed by atoms with Crippen LogP contribution in [0.3, 0.4) is 0 Å². The fourth-order valence-electron chi connectivity index (χ4n) is 2.80. The van der Waals surface area contributed by atoms with Crippen LogP contribution < -0.4 is 5.32 Å². The zero-order chi connectivity index (χ0) is 13.1. The second-order valence-electron chi connectivity index (χ2n) is 5.53. The first kappa shape index (κ1) is 14.5. The van der Waals surface area contributed by atoms with E-state index in [0.717, 1.165) is 12.5 Å². The van der Waals surface area contributed by atoms with Crippen molar-refractivity contribution in [3.05, 3.63) is 20.8 Å². The first-order chi connectivity index (χ1) is 8.58. The Bertz CT molecular complexity index is 378. The van der Waals surface area contributed by atoms with Crippen molar-refractivity contribution in [2.24, 2.45) is 5.92 Å². The molecule has 0 saturated carbocycles. The molecule has 2 rings (SSSR count). The number of hydrogen-bond donors (Lipinski definition) is 1. The van der Waals surface area contributed by atoms with E-state index in [1.165, 1.54) is 28.0 Å². The van der Waals surface area contributed by atoms with Gasteiger partial charge >= 0.3 is 0 Å². The van der Waals surface area contributed by atoms with Gasteiger partial charge in [-0.25, -0.2) is 0 Å². The first-order valence-electron chi connectivity index (χ1n) is 6.76. The summed E-state index contributed by atoms with van der Waals surface area (Å²) in [5.74, 6) is 0.733. The van der Waals surface area contributed by atoms with Crippen molar-refractivity contribution >= 4 is 27.3 Å². The van der Waals surface area contributed by atoms with Gasteiger partial charge in [0.05, 0.1) is 3.79 Å². The van der Waals surface area contributed by atoms with Crippen LogP contribution in [0.4, 0.5) is 0 Å². The van der Waals surface area contributed by atoms with E-state index < -0.39 is 0 Å². The molecule has 1 saturated heterocycles. The molecular formula is C14H23BrN2S. The number of piperidine rings is 1. The Labute approximate surface area is 123 Å². The monoisotopic (exact) mass is 330 g/mol. The predicted octanol–water partition coefficient (Wildman–Crippen LogP) is 3.89. The van der Waals surface area contributed by atoms with E-state index in [0.29, 0.717) is 12.1 Å². The second-order valence-corrected chi connectivity index (χ2v) is 8.03. The lowest BCUT2D eigenvalue weighted by Gasteiger charge is -2.39. The molecule has 2 heterocycles. The molecule has 0 aliphatic carbocycles. The van der Waals surface area contributed by atoms with Crippen molar-refractivity contribution in [2.75, 3.05) is 20.1 Å². The van der Waals surface area contributed by atoms with Crippen molar-refractivity contribution in [1.29, 1.82) is 0 Å². The molecule has 1 N–H and O–H groups in total. The minimum Gasteiger partial charge on any atom is -0.314 e. The lowest BCUT2D eigenvalue weighted by Crippen LogP contribution is -2.41.